The summed E-state index contributed by atoms with van der Waals surface area (Å²) in [5, 5.41) is 11.6. The number of ether oxygens (including phenoxy) is 5. The van der Waals surface area contributed by atoms with Crippen molar-refractivity contribution in [3.8, 4) is 11.5 Å². The predicted octanol–water partition coefficient (Wildman–Crippen LogP) is 3.99. The molecule has 0 radical (unpaired) electrons. The number of hydrogen-bond donors (Lipinski definition) is 0. The molecule has 0 amide bonds. The molecule has 0 aromatic heterocycles. The second-order valence-corrected chi connectivity index (χ2v) is 8.09. The van der Waals surface area contributed by atoms with E-state index in [9.17, 15) is 24.5 Å². The highest BCUT2D eigenvalue weighted by atomic mass is 16.6. The number of nitro benzene ring substituents is 1. The van der Waals surface area contributed by atoms with Gasteiger partial charge in [-0.05, 0) is 47.5 Å². The Hall–Kier alpha value is -3.37. The maximum absolute atomic E-state index is 12.7. The molecule has 190 valence electrons. The topological polar surface area (TPSA) is 140 Å². The van der Waals surface area contributed by atoms with Crippen molar-refractivity contribution >= 4 is 23.6 Å². The van der Waals surface area contributed by atoms with Crippen molar-refractivity contribution in [2.75, 3.05) is 26.4 Å². The number of benzene rings is 1. The molecule has 11 heteroatoms. The van der Waals surface area contributed by atoms with Gasteiger partial charge in [0.25, 0.3) is 0 Å². The van der Waals surface area contributed by atoms with Crippen molar-refractivity contribution < 1.29 is 43.0 Å². The summed E-state index contributed by atoms with van der Waals surface area (Å²) in [5.41, 5.74) is -1.43. The predicted molar refractivity (Wildman–Crippen MR) is 121 cm³/mol. The third kappa shape index (κ3) is 10.5. The van der Waals surface area contributed by atoms with E-state index in [1.807, 2.05) is 0 Å². The average molecular weight is 484 g/mol. The molecule has 1 rings (SSSR count). The van der Waals surface area contributed by atoms with Crippen molar-refractivity contribution in [3.05, 3.63) is 27.8 Å². The highest BCUT2D eigenvalue weighted by molar-refractivity contribution is 5.94. The second-order valence-electron chi connectivity index (χ2n) is 8.09. The normalized spacial score (nSPS) is 10.9. The average Bonchev–Trinajstić information content (AvgIpc) is 2.73. The van der Waals surface area contributed by atoms with Crippen LogP contribution in [0, 0.1) is 10.1 Å². The van der Waals surface area contributed by atoms with Gasteiger partial charge in [0.15, 0.2) is 0 Å². The van der Waals surface area contributed by atoms with Crippen LogP contribution in [0.2, 0.25) is 0 Å². The van der Waals surface area contributed by atoms with Crippen LogP contribution in [0.3, 0.4) is 0 Å². The number of rotatable bonds is 14. The zero-order chi connectivity index (χ0) is 25.7. The van der Waals surface area contributed by atoms with E-state index in [4.69, 9.17) is 23.7 Å². The van der Waals surface area contributed by atoms with Crippen LogP contribution in [-0.2, 0) is 23.8 Å². The van der Waals surface area contributed by atoms with E-state index in [0.717, 1.165) is 6.07 Å². The van der Waals surface area contributed by atoms with Crippen LogP contribution in [0.4, 0.5) is 5.69 Å². The van der Waals surface area contributed by atoms with Crippen molar-refractivity contribution in [3.63, 3.8) is 0 Å². The van der Waals surface area contributed by atoms with E-state index < -0.39 is 28.2 Å². The van der Waals surface area contributed by atoms with Gasteiger partial charge in [0.1, 0.15) is 16.9 Å². The lowest BCUT2D eigenvalue weighted by molar-refractivity contribution is -0.385. The van der Waals surface area contributed by atoms with Crippen molar-refractivity contribution in [2.24, 2.45) is 0 Å². The molecular formula is C23H33NO10. The van der Waals surface area contributed by atoms with E-state index in [0.29, 0.717) is 6.42 Å². The van der Waals surface area contributed by atoms with Crippen LogP contribution < -0.4 is 9.47 Å². The lowest BCUT2D eigenvalue weighted by atomic mass is 10.1. The summed E-state index contributed by atoms with van der Waals surface area (Å²) in [6.07, 6.45) is 0.785. The molecule has 11 nitrogen and oxygen atoms in total. The first-order valence-corrected chi connectivity index (χ1v) is 11.1. The molecule has 0 aliphatic carbocycles. The zero-order valence-corrected chi connectivity index (χ0v) is 20.3. The van der Waals surface area contributed by atoms with Gasteiger partial charge in [-0.15, -0.1) is 0 Å². The molecule has 0 aliphatic rings. The maximum Gasteiger partial charge on any atom is 0.342 e. The summed E-state index contributed by atoms with van der Waals surface area (Å²) in [7, 11) is 0. The molecular weight excluding hydrogens is 450 g/mol. The van der Waals surface area contributed by atoms with E-state index in [-0.39, 0.29) is 68.7 Å². The number of nitrogens with zero attached hydrogens (tertiary/aromatic N) is 1. The van der Waals surface area contributed by atoms with Crippen LogP contribution in [0.5, 0.6) is 11.5 Å². The molecule has 0 aliphatic heterocycles. The Morgan fingerprint density at radius 2 is 1.38 bits per heavy atom. The number of esters is 3. The van der Waals surface area contributed by atoms with Crippen molar-refractivity contribution in [1.82, 2.24) is 0 Å². The smallest absolute Gasteiger partial charge is 0.342 e. The summed E-state index contributed by atoms with van der Waals surface area (Å²) in [6.45, 7) is 8.98. The Morgan fingerprint density at radius 3 is 1.82 bits per heavy atom. The Labute approximate surface area is 198 Å². The SMILES string of the molecule is CCOC(=O)CCCOc1cc(OCCCC(=O)OCC)c([N+](=O)[O-])cc1C(=O)OC(C)(C)C. The summed E-state index contributed by atoms with van der Waals surface area (Å²) in [6, 6.07) is 2.28. The van der Waals surface area contributed by atoms with Crippen molar-refractivity contribution in [2.45, 2.75) is 65.9 Å². The fourth-order valence-electron chi connectivity index (χ4n) is 2.68. The molecule has 1 aromatic carbocycles. The molecule has 0 saturated heterocycles. The molecule has 34 heavy (non-hydrogen) atoms. The highest BCUT2D eigenvalue weighted by Gasteiger charge is 2.27. The molecule has 0 unspecified atom stereocenters. The number of carbonyl (C=O) groups is 3. The molecule has 0 fully saturated rings. The lowest BCUT2D eigenvalue weighted by Gasteiger charge is -2.21. The fourth-order valence-corrected chi connectivity index (χ4v) is 2.68. The summed E-state index contributed by atoms with van der Waals surface area (Å²) >= 11 is 0. The summed E-state index contributed by atoms with van der Waals surface area (Å²) < 4.78 is 26.2. The first-order valence-electron chi connectivity index (χ1n) is 11.1. The summed E-state index contributed by atoms with van der Waals surface area (Å²) in [4.78, 5) is 46.6. The Bertz CT molecular complexity index is 860. The van der Waals surface area contributed by atoms with Gasteiger partial charge in [-0.2, -0.15) is 0 Å². The monoisotopic (exact) mass is 483 g/mol. The quantitative estimate of drug-likeness (QED) is 0.125. The van der Waals surface area contributed by atoms with Gasteiger partial charge >= 0.3 is 23.6 Å². The van der Waals surface area contributed by atoms with E-state index in [1.165, 1.54) is 6.07 Å². The Kier molecular flexibility index (Phi) is 11.8. The molecule has 1 aromatic rings. The molecule has 0 spiro atoms. The first-order chi connectivity index (χ1) is 16.0. The number of carbonyl (C=O) groups excluding carboxylic acids is 3. The highest BCUT2D eigenvalue weighted by Crippen LogP contribution is 2.36. The van der Waals surface area contributed by atoms with Crippen LogP contribution in [0.1, 0.15) is 70.7 Å². The summed E-state index contributed by atoms with van der Waals surface area (Å²) in [5.74, 6) is -1.69. The largest absolute Gasteiger partial charge is 0.493 e. The van der Waals surface area contributed by atoms with E-state index in [1.54, 1.807) is 34.6 Å². The zero-order valence-electron chi connectivity index (χ0n) is 20.3. The minimum absolute atomic E-state index is 0.00768. The van der Waals surface area contributed by atoms with Gasteiger partial charge in [0.05, 0.1) is 31.4 Å². The molecule has 0 atom stereocenters. The first kappa shape index (κ1) is 28.7. The Morgan fingerprint density at radius 1 is 0.882 bits per heavy atom. The molecule has 0 N–H and O–H groups in total. The van der Waals surface area contributed by atoms with Gasteiger partial charge in [-0.1, -0.05) is 0 Å². The van der Waals surface area contributed by atoms with Crippen molar-refractivity contribution in [1.29, 1.82) is 0 Å². The minimum Gasteiger partial charge on any atom is -0.493 e. The second kappa shape index (κ2) is 14.0. The molecule has 0 saturated carbocycles. The standard InChI is InChI=1S/C23H33NO10/c1-6-30-20(25)10-8-12-32-18-15-19(33-13-9-11-21(26)31-7-2)17(24(28)29)14-16(18)22(27)34-23(3,4)5/h14-15H,6-13H2,1-5H3. The van der Waals surface area contributed by atoms with Gasteiger partial charge in [-0.3, -0.25) is 19.7 Å². The van der Waals surface area contributed by atoms with Gasteiger partial charge in [0.2, 0.25) is 5.75 Å². The Balaban J connectivity index is 3.09. The van der Waals surface area contributed by atoms with Gasteiger partial charge in [0, 0.05) is 25.0 Å². The van der Waals surface area contributed by atoms with Gasteiger partial charge < -0.3 is 23.7 Å². The molecule has 0 bridgehead atoms. The minimum atomic E-state index is -0.838. The number of hydrogen-bond acceptors (Lipinski definition) is 10. The lowest BCUT2D eigenvalue weighted by Crippen LogP contribution is -2.24. The number of nitro groups is 1. The van der Waals surface area contributed by atoms with E-state index >= 15 is 0 Å². The van der Waals surface area contributed by atoms with Crippen LogP contribution in [0.15, 0.2) is 12.1 Å². The third-order valence-corrected chi connectivity index (χ3v) is 4.05. The fraction of sp³-hybridized carbons (Fsp3) is 0.609. The van der Waals surface area contributed by atoms with Crippen LogP contribution >= 0.6 is 0 Å². The van der Waals surface area contributed by atoms with Gasteiger partial charge in [-0.25, -0.2) is 4.79 Å². The molecule has 0 heterocycles. The van der Waals surface area contributed by atoms with Crippen LogP contribution in [0.25, 0.3) is 0 Å². The third-order valence-electron chi connectivity index (χ3n) is 4.05. The van der Waals surface area contributed by atoms with E-state index in [2.05, 4.69) is 0 Å². The maximum atomic E-state index is 12.7. The van der Waals surface area contributed by atoms with Crippen LogP contribution in [-0.4, -0.2) is 54.9 Å².